The average Bonchev–Trinajstić information content (AvgIpc) is 2.37. The van der Waals surface area contributed by atoms with E-state index in [9.17, 15) is 14.0 Å². The van der Waals surface area contributed by atoms with Gasteiger partial charge in [-0.1, -0.05) is 0 Å². The first-order valence-corrected chi connectivity index (χ1v) is 5.76. The van der Waals surface area contributed by atoms with Crippen LogP contribution < -0.4 is 9.64 Å². The maximum absolute atomic E-state index is 14.0. The number of hydrogen-bond donors (Lipinski definition) is 0. The number of ether oxygens (including phenoxy) is 2. The summed E-state index contributed by atoms with van der Waals surface area (Å²) < 4.78 is 23.6. The Labute approximate surface area is 111 Å². The third-order valence-electron chi connectivity index (χ3n) is 2.62. The van der Waals surface area contributed by atoms with E-state index in [0.29, 0.717) is 0 Å². The van der Waals surface area contributed by atoms with Crippen molar-refractivity contribution in [3.05, 3.63) is 21.9 Å². The van der Waals surface area contributed by atoms with Crippen LogP contribution in [-0.2, 0) is 9.53 Å². The number of likely N-dealkylation sites (N-methyl/N-ethyl adjacent to an activating group) is 1. The second-order valence-corrected chi connectivity index (χ2v) is 4.43. The van der Waals surface area contributed by atoms with Crippen molar-refractivity contribution in [2.75, 3.05) is 25.7 Å². The van der Waals surface area contributed by atoms with E-state index in [1.54, 1.807) is 0 Å². The van der Waals surface area contributed by atoms with Gasteiger partial charge in [0.2, 0.25) is 0 Å². The van der Waals surface area contributed by atoms with Crippen molar-refractivity contribution in [3.8, 4) is 5.75 Å². The van der Waals surface area contributed by atoms with Gasteiger partial charge in [0.1, 0.15) is 0 Å². The van der Waals surface area contributed by atoms with E-state index in [-0.39, 0.29) is 34.0 Å². The number of carbonyl (C=O) groups excluding carboxylic acids is 2. The fourth-order valence-corrected chi connectivity index (χ4v) is 2.06. The molecule has 1 aliphatic rings. The van der Waals surface area contributed by atoms with Crippen molar-refractivity contribution >= 4 is 33.5 Å². The molecule has 0 spiro atoms. The average molecular weight is 318 g/mol. The molecule has 7 heteroatoms. The van der Waals surface area contributed by atoms with E-state index in [4.69, 9.17) is 4.74 Å². The summed E-state index contributed by atoms with van der Waals surface area (Å²) in [7, 11) is 2.68. The van der Waals surface area contributed by atoms with Crippen molar-refractivity contribution in [2.24, 2.45) is 0 Å². The van der Waals surface area contributed by atoms with Crippen LogP contribution >= 0.6 is 15.9 Å². The molecule has 0 unspecified atom stereocenters. The fourth-order valence-electron chi connectivity index (χ4n) is 1.61. The molecule has 5 nitrogen and oxygen atoms in total. The first-order valence-electron chi connectivity index (χ1n) is 4.97. The molecule has 1 amide bonds. The number of amides is 1. The molecule has 18 heavy (non-hydrogen) atoms. The molecular formula is C11H9BrFNO4. The van der Waals surface area contributed by atoms with Crippen LogP contribution in [0.4, 0.5) is 10.1 Å². The lowest BCUT2D eigenvalue weighted by atomic mass is 10.1. The lowest BCUT2D eigenvalue weighted by Gasteiger charge is -2.27. The Bertz CT molecular complexity index is 546. The highest BCUT2D eigenvalue weighted by atomic mass is 79.9. The fraction of sp³-hybridized carbons (Fsp3) is 0.273. The molecule has 0 aliphatic carbocycles. The predicted molar refractivity (Wildman–Crippen MR) is 64.3 cm³/mol. The van der Waals surface area contributed by atoms with Gasteiger partial charge in [0.15, 0.2) is 18.2 Å². The van der Waals surface area contributed by atoms with Crippen molar-refractivity contribution < 1.29 is 23.5 Å². The number of anilines is 1. The Morgan fingerprint density at radius 3 is 2.89 bits per heavy atom. The van der Waals surface area contributed by atoms with Gasteiger partial charge >= 0.3 is 5.97 Å². The lowest BCUT2D eigenvalue weighted by molar-refractivity contribution is -0.121. The summed E-state index contributed by atoms with van der Waals surface area (Å²) in [6.45, 7) is -0.232. The molecule has 1 aromatic rings. The molecule has 96 valence electrons. The van der Waals surface area contributed by atoms with Crippen LogP contribution in [0.1, 0.15) is 10.4 Å². The van der Waals surface area contributed by atoms with Crippen LogP contribution in [0.2, 0.25) is 0 Å². The van der Waals surface area contributed by atoms with Crippen LogP contribution in [0.15, 0.2) is 10.5 Å². The molecule has 0 aromatic heterocycles. The van der Waals surface area contributed by atoms with Crippen molar-refractivity contribution in [1.29, 1.82) is 0 Å². The summed E-state index contributed by atoms with van der Waals surface area (Å²) in [6, 6.07) is 1.35. The molecule has 1 heterocycles. The topological polar surface area (TPSA) is 55.8 Å². The maximum atomic E-state index is 14.0. The Hall–Kier alpha value is -1.63. The van der Waals surface area contributed by atoms with Crippen LogP contribution in [0, 0.1) is 5.82 Å². The number of rotatable bonds is 1. The van der Waals surface area contributed by atoms with Crippen LogP contribution in [0.3, 0.4) is 0 Å². The largest absolute Gasteiger partial charge is 0.478 e. The van der Waals surface area contributed by atoms with E-state index < -0.39 is 11.8 Å². The van der Waals surface area contributed by atoms with Gasteiger partial charge in [-0.25, -0.2) is 9.18 Å². The molecular weight excluding hydrogens is 309 g/mol. The van der Waals surface area contributed by atoms with Gasteiger partial charge in [-0.05, 0) is 22.0 Å². The summed E-state index contributed by atoms with van der Waals surface area (Å²) in [5.74, 6) is -1.81. The van der Waals surface area contributed by atoms with Crippen LogP contribution in [0.25, 0.3) is 0 Å². The first kappa shape index (κ1) is 12.8. The molecule has 0 N–H and O–H groups in total. The summed E-state index contributed by atoms with van der Waals surface area (Å²) in [5, 5.41) is 0. The normalized spacial score (nSPS) is 14.0. The summed E-state index contributed by atoms with van der Waals surface area (Å²) >= 11 is 2.98. The molecule has 1 aromatic carbocycles. The number of methoxy groups -OCH3 is 1. The summed E-state index contributed by atoms with van der Waals surface area (Å²) in [6.07, 6.45) is 0. The number of fused-ring (bicyclic) bond motifs is 1. The summed E-state index contributed by atoms with van der Waals surface area (Å²) in [5.41, 5.74) is 0.200. The van der Waals surface area contributed by atoms with Crippen LogP contribution in [0.5, 0.6) is 5.75 Å². The van der Waals surface area contributed by atoms with Gasteiger partial charge in [0.05, 0.1) is 22.8 Å². The van der Waals surface area contributed by atoms with E-state index in [1.165, 1.54) is 25.1 Å². The Kier molecular flexibility index (Phi) is 3.25. The Morgan fingerprint density at radius 2 is 2.28 bits per heavy atom. The van der Waals surface area contributed by atoms with Gasteiger partial charge in [-0.2, -0.15) is 0 Å². The summed E-state index contributed by atoms with van der Waals surface area (Å²) in [4.78, 5) is 24.2. The molecule has 1 aliphatic heterocycles. The zero-order valence-corrected chi connectivity index (χ0v) is 11.2. The zero-order valence-electron chi connectivity index (χ0n) is 9.62. The monoisotopic (exact) mass is 317 g/mol. The molecule has 2 rings (SSSR count). The highest BCUT2D eigenvalue weighted by molar-refractivity contribution is 9.10. The van der Waals surface area contributed by atoms with Gasteiger partial charge in [-0.3, -0.25) is 4.79 Å². The predicted octanol–water partition coefficient (Wildman–Crippen LogP) is 1.73. The number of esters is 1. The van der Waals surface area contributed by atoms with Crippen molar-refractivity contribution in [3.63, 3.8) is 0 Å². The third-order valence-corrected chi connectivity index (χ3v) is 3.40. The third kappa shape index (κ3) is 1.84. The second-order valence-electron chi connectivity index (χ2n) is 3.63. The lowest BCUT2D eigenvalue weighted by Crippen LogP contribution is -2.36. The van der Waals surface area contributed by atoms with Gasteiger partial charge in [-0.15, -0.1) is 0 Å². The van der Waals surface area contributed by atoms with Crippen molar-refractivity contribution in [2.45, 2.75) is 0 Å². The van der Waals surface area contributed by atoms with Gasteiger partial charge < -0.3 is 14.4 Å². The van der Waals surface area contributed by atoms with Crippen molar-refractivity contribution in [1.82, 2.24) is 0 Å². The van der Waals surface area contributed by atoms with E-state index in [1.807, 2.05) is 0 Å². The Balaban J connectivity index is 2.65. The molecule has 0 fully saturated rings. The number of benzene rings is 1. The Morgan fingerprint density at radius 1 is 1.61 bits per heavy atom. The molecule has 0 atom stereocenters. The molecule has 0 bridgehead atoms. The number of halogens is 2. The number of carbonyl (C=O) groups is 2. The second kappa shape index (κ2) is 4.56. The molecule has 0 radical (unpaired) electrons. The SMILES string of the molecule is COC(=O)c1cc2c(c(F)c1Br)OCC(=O)N2C. The van der Waals surface area contributed by atoms with E-state index in [2.05, 4.69) is 20.7 Å². The van der Waals surface area contributed by atoms with E-state index >= 15 is 0 Å². The highest BCUT2D eigenvalue weighted by Gasteiger charge is 2.30. The van der Waals surface area contributed by atoms with Crippen LogP contribution in [-0.4, -0.2) is 32.6 Å². The highest BCUT2D eigenvalue weighted by Crippen LogP contribution is 2.39. The minimum absolute atomic E-state index is 0.00102. The maximum Gasteiger partial charge on any atom is 0.339 e. The van der Waals surface area contributed by atoms with E-state index in [0.717, 1.165) is 0 Å². The quantitative estimate of drug-likeness (QED) is 0.740. The number of nitrogens with zero attached hydrogens (tertiary/aromatic N) is 1. The number of hydrogen-bond acceptors (Lipinski definition) is 4. The standard InChI is InChI=1S/C11H9BrFNO4/c1-14-6-3-5(11(16)17-2)8(12)9(13)10(6)18-4-7(14)15/h3H,4H2,1-2H3. The molecule has 0 saturated heterocycles. The van der Waals surface area contributed by atoms with Gasteiger partial charge in [0, 0.05) is 7.05 Å². The first-order chi connectivity index (χ1) is 8.47. The minimum atomic E-state index is -0.729. The zero-order chi connectivity index (χ0) is 13.4. The van der Waals surface area contributed by atoms with Gasteiger partial charge in [0.25, 0.3) is 5.91 Å². The smallest absolute Gasteiger partial charge is 0.339 e. The molecule has 0 saturated carbocycles. The minimum Gasteiger partial charge on any atom is -0.478 e.